The highest BCUT2D eigenvalue weighted by Crippen LogP contribution is 2.49. The molecule has 2 aliphatic carbocycles. The van der Waals surface area contributed by atoms with E-state index in [1.165, 1.54) is 41.3 Å². The van der Waals surface area contributed by atoms with Crippen LogP contribution in [-0.2, 0) is 6.42 Å². The summed E-state index contributed by atoms with van der Waals surface area (Å²) in [6.45, 7) is 4.40. The van der Waals surface area contributed by atoms with Gasteiger partial charge in [-0.15, -0.1) is 11.3 Å². The number of aryl methyl sites for hydroxylation is 1. The first kappa shape index (κ1) is 16.1. The Kier molecular flexibility index (Phi) is 4.38. The quantitative estimate of drug-likeness (QED) is 0.774. The van der Waals surface area contributed by atoms with Crippen molar-refractivity contribution in [2.75, 3.05) is 0 Å². The minimum absolute atomic E-state index is 0.148. The first-order valence-corrected chi connectivity index (χ1v) is 10.3. The smallest absolute Gasteiger partial charge is 0.261 e. The van der Waals surface area contributed by atoms with E-state index in [0.717, 1.165) is 29.6 Å². The van der Waals surface area contributed by atoms with E-state index in [1.807, 2.05) is 0 Å². The largest absolute Gasteiger partial charge is 0.349 e. The van der Waals surface area contributed by atoms with Crippen LogP contribution >= 0.6 is 11.3 Å². The topological polar surface area (TPSA) is 29.1 Å². The molecule has 0 spiro atoms. The number of thiophene rings is 1. The maximum Gasteiger partial charge on any atom is 0.261 e. The van der Waals surface area contributed by atoms with Gasteiger partial charge in [0.15, 0.2) is 0 Å². The molecule has 2 fully saturated rings. The van der Waals surface area contributed by atoms with Gasteiger partial charge in [-0.3, -0.25) is 4.79 Å². The van der Waals surface area contributed by atoms with E-state index < -0.39 is 0 Å². The SMILES string of the molecule is CCCc1c(C(=O)NC(C)C2CC3CCC2C3)sc2ccccc12. The predicted octanol–water partition coefficient (Wildman–Crippen LogP) is 5.41. The van der Waals surface area contributed by atoms with Crippen LogP contribution in [0.15, 0.2) is 24.3 Å². The van der Waals surface area contributed by atoms with Gasteiger partial charge in [-0.25, -0.2) is 0 Å². The van der Waals surface area contributed by atoms with Crippen LogP contribution < -0.4 is 5.32 Å². The maximum atomic E-state index is 13.0. The van der Waals surface area contributed by atoms with Crippen LogP contribution in [0.1, 0.15) is 61.2 Å². The molecule has 2 bridgehead atoms. The van der Waals surface area contributed by atoms with Crippen LogP contribution in [0.4, 0.5) is 0 Å². The fraction of sp³-hybridized carbons (Fsp3) is 0.571. The molecular weight excluding hydrogens is 314 g/mol. The van der Waals surface area contributed by atoms with Gasteiger partial charge in [-0.1, -0.05) is 38.0 Å². The minimum atomic E-state index is 0.148. The van der Waals surface area contributed by atoms with Crippen molar-refractivity contribution < 1.29 is 4.79 Å². The maximum absolute atomic E-state index is 13.0. The summed E-state index contributed by atoms with van der Waals surface area (Å²) in [5.74, 6) is 2.62. The van der Waals surface area contributed by atoms with Gasteiger partial charge in [0.25, 0.3) is 5.91 Å². The zero-order valence-electron chi connectivity index (χ0n) is 14.7. The Morgan fingerprint density at radius 3 is 2.83 bits per heavy atom. The van der Waals surface area contributed by atoms with Crippen molar-refractivity contribution in [3.63, 3.8) is 0 Å². The van der Waals surface area contributed by atoms with Crippen molar-refractivity contribution in [3.8, 4) is 0 Å². The molecule has 3 heteroatoms. The second kappa shape index (κ2) is 6.51. The number of hydrogen-bond acceptors (Lipinski definition) is 2. The molecule has 0 aliphatic heterocycles. The Morgan fingerprint density at radius 2 is 2.12 bits per heavy atom. The number of carbonyl (C=O) groups is 1. The van der Waals surface area contributed by atoms with Gasteiger partial charge >= 0.3 is 0 Å². The third kappa shape index (κ3) is 2.77. The Balaban J connectivity index is 1.55. The zero-order valence-corrected chi connectivity index (χ0v) is 15.5. The number of rotatable bonds is 5. The number of amides is 1. The third-order valence-electron chi connectivity index (χ3n) is 6.20. The monoisotopic (exact) mass is 341 g/mol. The number of hydrogen-bond donors (Lipinski definition) is 1. The van der Waals surface area contributed by atoms with Crippen LogP contribution in [0.3, 0.4) is 0 Å². The normalized spacial score (nSPS) is 26.8. The van der Waals surface area contributed by atoms with Gasteiger partial charge in [0.1, 0.15) is 0 Å². The third-order valence-corrected chi connectivity index (χ3v) is 7.41. The summed E-state index contributed by atoms with van der Waals surface area (Å²) in [7, 11) is 0. The van der Waals surface area contributed by atoms with E-state index in [0.29, 0.717) is 12.0 Å². The lowest BCUT2D eigenvalue weighted by Gasteiger charge is -2.28. The molecule has 1 heterocycles. The summed E-state index contributed by atoms with van der Waals surface area (Å²) in [5.41, 5.74) is 1.25. The molecule has 0 radical (unpaired) electrons. The number of fused-ring (bicyclic) bond motifs is 3. The molecule has 1 N–H and O–H groups in total. The number of benzene rings is 1. The Hall–Kier alpha value is -1.35. The summed E-state index contributed by atoms with van der Waals surface area (Å²) in [6, 6.07) is 8.73. The Morgan fingerprint density at radius 1 is 1.29 bits per heavy atom. The summed E-state index contributed by atoms with van der Waals surface area (Å²) in [6.07, 6.45) is 7.56. The van der Waals surface area contributed by atoms with Crippen molar-refractivity contribution in [1.82, 2.24) is 5.32 Å². The standard InChI is InChI=1S/C21H27NOS/c1-3-6-17-16-7-4-5-8-19(16)24-20(17)21(23)22-13(2)18-12-14-9-10-15(18)11-14/h4-5,7-8,13-15,18H,3,6,9-12H2,1-2H3,(H,22,23). The second-order valence-electron chi connectivity index (χ2n) is 7.76. The summed E-state index contributed by atoms with van der Waals surface area (Å²) >= 11 is 1.66. The molecule has 2 aromatic rings. The zero-order chi connectivity index (χ0) is 16.7. The van der Waals surface area contributed by atoms with Crippen molar-refractivity contribution >= 4 is 27.3 Å². The molecule has 1 aromatic heterocycles. The van der Waals surface area contributed by atoms with E-state index in [9.17, 15) is 4.79 Å². The van der Waals surface area contributed by atoms with Crippen molar-refractivity contribution in [2.45, 2.75) is 58.4 Å². The summed E-state index contributed by atoms with van der Waals surface area (Å²) in [4.78, 5) is 13.9. The second-order valence-corrected chi connectivity index (χ2v) is 8.81. The number of nitrogens with one attached hydrogen (secondary N) is 1. The molecular formula is C21H27NOS. The van der Waals surface area contributed by atoms with E-state index >= 15 is 0 Å². The fourth-order valence-corrected chi connectivity index (χ4v) is 6.22. The summed E-state index contributed by atoms with van der Waals surface area (Å²) < 4.78 is 1.23. The Labute approximate surface area is 148 Å². The van der Waals surface area contributed by atoms with Gasteiger partial charge in [0.05, 0.1) is 4.88 Å². The first-order valence-electron chi connectivity index (χ1n) is 9.48. The van der Waals surface area contributed by atoms with Crippen LogP contribution in [0.2, 0.25) is 0 Å². The molecule has 0 saturated heterocycles. The van der Waals surface area contributed by atoms with E-state index in [4.69, 9.17) is 0 Å². The van der Waals surface area contributed by atoms with Gasteiger partial charge in [-0.2, -0.15) is 0 Å². The highest BCUT2D eigenvalue weighted by molar-refractivity contribution is 7.21. The van der Waals surface area contributed by atoms with Crippen LogP contribution in [-0.4, -0.2) is 11.9 Å². The van der Waals surface area contributed by atoms with Gasteiger partial charge in [0.2, 0.25) is 0 Å². The molecule has 2 nitrogen and oxygen atoms in total. The fourth-order valence-electron chi connectivity index (χ4n) is 5.07. The summed E-state index contributed by atoms with van der Waals surface area (Å²) in [5, 5.41) is 4.62. The van der Waals surface area contributed by atoms with Crippen molar-refractivity contribution in [1.29, 1.82) is 0 Å². The van der Waals surface area contributed by atoms with Crippen LogP contribution in [0.5, 0.6) is 0 Å². The predicted molar refractivity (Wildman–Crippen MR) is 102 cm³/mol. The molecule has 4 unspecified atom stereocenters. The van der Waals surface area contributed by atoms with E-state index in [2.05, 4.69) is 43.4 Å². The van der Waals surface area contributed by atoms with Crippen LogP contribution in [0.25, 0.3) is 10.1 Å². The number of carbonyl (C=O) groups excluding carboxylic acids is 1. The van der Waals surface area contributed by atoms with Crippen molar-refractivity contribution in [3.05, 3.63) is 34.7 Å². The molecule has 4 atom stereocenters. The van der Waals surface area contributed by atoms with Crippen molar-refractivity contribution in [2.24, 2.45) is 17.8 Å². The lowest BCUT2D eigenvalue weighted by molar-refractivity contribution is 0.0918. The molecule has 1 aromatic carbocycles. The van der Waals surface area contributed by atoms with E-state index in [-0.39, 0.29) is 5.91 Å². The average molecular weight is 342 g/mol. The average Bonchev–Trinajstić information content (AvgIpc) is 3.29. The highest BCUT2D eigenvalue weighted by Gasteiger charge is 2.42. The van der Waals surface area contributed by atoms with Crippen LogP contribution in [0, 0.1) is 17.8 Å². The lowest BCUT2D eigenvalue weighted by Crippen LogP contribution is -2.40. The van der Waals surface area contributed by atoms with Gasteiger partial charge < -0.3 is 5.32 Å². The van der Waals surface area contributed by atoms with E-state index in [1.54, 1.807) is 11.3 Å². The van der Waals surface area contributed by atoms with Gasteiger partial charge in [0, 0.05) is 10.7 Å². The molecule has 24 heavy (non-hydrogen) atoms. The lowest BCUT2D eigenvalue weighted by atomic mass is 9.84. The highest BCUT2D eigenvalue weighted by atomic mass is 32.1. The molecule has 2 saturated carbocycles. The Bertz CT molecular complexity index is 749. The van der Waals surface area contributed by atoms with Gasteiger partial charge in [-0.05, 0) is 67.4 Å². The minimum Gasteiger partial charge on any atom is -0.349 e. The first-order chi connectivity index (χ1) is 11.7. The molecule has 4 rings (SSSR count). The molecule has 128 valence electrons. The molecule has 1 amide bonds. The molecule has 2 aliphatic rings.